The first-order chi connectivity index (χ1) is 3.18. The summed E-state index contributed by atoms with van der Waals surface area (Å²) in [5.74, 6) is 0. The SMILES string of the molecule is COC(C)[N+](C)=O. The van der Waals surface area contributed by atoms with Gasteiger partial charge < -0.3 is 4.74 Å². The lowest BCUT2D eigenvalue weighted by Gasteiger charge is -1.93. The monoisotopic (exact) mass is 104 g/mol. The van der Waals surface area contributed by atoms with Gasteiger partial charge in [-0.3, -0.25) is 0 Å². The van der Waals surface area contributed by atoms with E-state index in [1.54, 1.807) is 6.92 Å². The van der Waals surface area contributed by atoms with Crippen LogP contribution in [0.4, 0.5) is 0 Å². The average Bonchev–Trinajstić information content (AvgIpc) is 1.65. The second-order valence-electron chi connectivity index (χ2n) is 1.38. The fourth-order valence-corrected chi connectivity index (χ4v) is 0.148. The van der Waals surface area contributed by atoms with E-state index in [2.05, 4.69) is 4.74 Å². The molecular formula is C4H10NO2+. The molecule has 0 aromatic carbocycles. The van der Waals surface area contributed by atoms with E-state index in [-0.39, 0.29) is 6.23 Å². The zero-order chi connectivity index (χ0) is 5.86. The highest BCUT2D eigenvalue weighted by atomic mass is 16.5. The van der Waals surface area contributed by atoms with Crippen LogP contribution in [0, 0.1) is 4.91 Å². The maximum atomic E-state index is 10.2. The van der Waals surface area contributed by atoms with Gasteiger partial charge in [0.25, 0.3) is 0 Å². The van der Waals surface area contributed by atoms with Crippen LogP contribution in [0.3, 0.4) is 0 Å². The highest BCUT2D eigenvalue weighted by molar-refractivity contribution is 4.16. The summed E-state index contributed by atoms with van der Waals surface area (Å²) in [7, 11) is 2.92. The molecule has 0 spiro atoms. The number of rotatable bonds is 2. The minimum absolute atomic E-state index is 0.319. The topological polar surface area (TPSA) is 29.3 Å². The van der Waals surface area contributed by atoms with Crippen LogP contribution in [-0.2, 0) is 4.74 Å². The predicted octanol–water partition coefficient (Wildman–Crippen LogP) is 0.387. The lowest BCUT2D eigenvalue weighted by Crippen LogP contribution is -2.17. The number of hydrogen-bond acceptors (Lipinski definition) is 2. The van der Waals surface area contributed by atoms with Crippen LogP contribution in [0.25, 0.3) is 0 Å². The Balaban J connectivity index is 3.34. The van der Waals surface area contributed by atoms with E-state index in [0.717, 1.165) is 4.76 Å². The molecule has 1 unspecified atom stereocenters. The maximum absolute atomic E-state index is 10.2. The van der Waals surface area contributed by atoms with Gasteiger partial charge in [0, 0.05) is 23.7 Å². The first-order valence-corrected chi connectivity index (χ1v) is 2.11. The van der Waals surface area contributed by atoms with Gasteiger partial charge in [-0.15, -0.1) is 0 Å². The minimum Gasteiger partial charge on any atom is -0.322 e. The van der Waals surface area contributed by atoms with Crippen molar-refractivity contribution < 1.29 is 9.50 Å². The van der Waals surface area contributed by atoms with Crippen molar-refractivity contribution in [1.82, 2.24) is 0 Å². The Morgan fingerprint density at radius 2 is 2.14 bits per heavy atom. The minimum atomic E-state index is -0.319. The van der Waals surface area contributed by atoms with Crippen molar-refractivity contribution in [2.45, 2.75) is 13.2 Å². The van der Waals surface area contributed by atoms with Crippen molar-refractivity contribution in [1.29, 1.82) is 0 Å². The van der Waals surface area contributed by atoms with Crippen molar-refractivity contribution in [3.63, 3.8) is 0 Å². The number of hydrogen-bond donors (Lipinski definition) is 0. The maximum Gasteiger partial charge on any atom is 0.301 e. The molecule has 0 rings (SSSR count). The van der Waals surface area contributed by atoms with Gasteiger partial charge in [-0.1, -0.05) is 0 Å². The molecular weight excluding hydrogens is 94.0 g/mol. The Hall–Kier alpha value is -0.440. The second-order valence-corrected chi connectivity index (χ2v) is 1.38. The number of nitrogens with zero attached hydrogens (tertiary/aromatic N) is 1. The Bertz CT molecular complexity index is 72.1. The van der Waals surface area contributed by atoms with Crippen LogP contribution in [0.2, 0.25) is 0 Å². The molecule has 0 N–H and O–H groups in total. The summed E-state index contributed by atoms with van der Waals surface area (Å²) in [5, 5.41) is 0. The van der Waals surface area contributed by atoms with Gasteiger partial charge in [0.05, 0.1) is 0 Å². The number of ether oxygens (including phenoxy) is 1. The summed E-state index contributed by atoms with van der Waals surface area (Å²) in [4.78, 5) is 10.2. The summed E-state index contributed by atoms with van der Waals surface area (Å²) < 4.78 is 5.38. The lowest BCUT2D eigenvalue weighted by molar-refractivity contribution is -0.600. The highest BCUT2D eigenvalue weighted by Gasteiger charge is 2.09. The molecule has 1 atom stereocenters. The van der Waals surface area contributed by atoms with E-state index in [4.69, 9.17) is 0 Å². The van der Waals surface area contributed by atoms with Crippen molar-refractivity contribution in [3.05, 3.63) is 4.91 Å². The van der Waals surface area contributed by atoms with Crippen molar-refractivity contribution in [3.8, 4) is 0 Å². The van der Waals surface area contributed by atoms with Crippen LogP contribution in [0.5, 0.6) is 0 Å². The lowest BCUT2D eigenvalue weighted by atomic mass is 10.7. The molecule has 0 bridgehead atoms. The molecule has 0 aliphatic rings. The molecule has 0 saturated heterocycles. The Morgan fingerprint density at radius 1 is 1.71 bits per heavy atom. The fraction of sp³-hybridized carbons (Fsp3) is 1.00. The van der Waals surface area contributed by atoms with E-state index in [1.165, 1.54) is 14.2 Å². The van der Waals surface area contributed by atoms with Crippen LogP contribution in [0.15, 0.2) is 0 Å². The first-order valence-electron chi connectivity index (χ1n) is 2.11. The van der Waals surface area contributed by atoms with E-state index < -0.39 is 0 Å². The summed E-state index contributed by atoms with van der Waals surface area (Å²) >= 11 is 0. The van der Waals surface area contributed by atoms with E-state index in [0.29, 0.717) is 0 Å². The fourth-order valence-electron chi connectivity index (χ4n) is 0.148. The summed E-state index contributed by atoms with van der Waals surface area (Å²) in [6, 6.07) is 0. The summed E-state index contributed by atoms with van der Waals surface area (Å²) in [6.45, 7) is 1.69. The Kier molecular flexibility index (Phi) is 2.52. The number of methoxy groups -OCH3 is 1. The molecule has 0 saturated carbocycles. The van der Waals surface area contributed by atoms with Crippen LogP contribution in [-0.4, -0.2) is 25.1 Å². The molecule has 42 valence electrons. The smallest absolute Gasteiger partial charge is 0.301 e. The van der Waals surface area contributed by atoms with Crippen molar-refractivity contribution >= 4 is 0 Å². The van der Waals surface area contributed by atoms with E-state index >= 15 is 0 Å². The molecule has 0 aromatic rings. The predicted molar refractivity (Wildman–Crippen MR) is 26.0 cm³/mol. The molecule has 0 fully saturated rings. The molecule has 0 amide bonds. The molecule has 7 heavy (non-hydrogen) atoms. The van der Waals surface area contributed by atoms with Crippen LogP contribution < -0.4 is 0 Å². The van der Waals surface area contributed by atoms with Gasteiger partial charge in [0.1, 0.15) is 0 Å². The highest BCUT2D eigenvalue weighted by Crippen LogP contribution is 1.83. The van der Waals surface area contributed by atoms with Crippen molar-refractivity contribution in [2.75, 3.05) is 14.2 Å². The standard InChI is InChI=1S/C4H10NO2/c1-4(7-3)5(2)6/h4H,1-3H3/q+1. The van der Waals surface area contributed by atoms with Gasteiger partial charge in [-0.05, 0) is 0 Å². The Labute approximate surface area is 42.9 Å². The average molecular weight is 104 g/mol. The zero-order valence-electron chi connectivity index (χ0n) is 4.84. The van der Waals surface area contributed by atoms with Gasteiger partial charge in [-0.2, -0.15) is 0 Å². The Morgan fingerprint density at radius 3 is 2.14 bits per heavy atom. The van der Waals surface area contributed by atoms with Gasteiger partial charge >= 0.3 is 6.23 Å². The van der Waals surface area contributed by atoms with Crippen LogP contribution in [0.1, 0.15) is 6.92 Å². The third kappa shape index (κ3) is 2.28. The molecule has 0 aliphatic carbocycles. The van der Waals surface area contributed by atoms with Gasteiger partial charge in [-0.25, -0.2) is 0 Å². The summed E-state index contributed by atoms with van der Waals surface area (Å²) in [5.41, 5.74) is 0. The molecule has 0 heterocycles. The molecule has 0 aromatic heterocycles. The molecule has 0 radical (unpaired) electrons. The van der Waals surface area contributed by atoms with E-state index in [9.17, 15) is 4.91 Å². The van der Waals surface area contributed by atoms with Gasteiger partial charge in [0.2, 0.25) is 0 Å². The third-order valence-corrected chi connectivity index (χ3v) is 0.853. The second kappa shape index (κ2) is 2.69. The quantitative estimate of drug-likeness (QED) is 0.374. The molecule has 0 aliphatic heterocycles. The van der Waals surface area contributed by atoms with Crippen molar-refractivity contribution in [2.24, 2.45) is 0 Å². The summed E-state index contributed by atoms with van der Waals surface area (Å²) in [6.07, 6.45) is -0.319. The molecule has 3 nitrogen and oxygen atoms in total. The van der Waals surface area contributed by atoms with Gasteiger partial charge in [0.15, 0.2) is 7.05 Å². The first kappa shape index (κ1) is 6.56. The zero-order valence-corrected chi connectivity index (χ0v) is 4.84. The largest absolute Gasteiger partial charge is 0.322 e. The molecule has 3 heteroatoms. The van der Waals surface area contributed by atoms with E-state index in [1.807, 2.05) is 0 Å². The third-order valence-electron chi connectivity index (χ3n) is 0.853. The van der Waals surface area contributed by atoms with Crippen LogP contribution >= 0.6 is 0 Å². The number of nitroso groups, excluding NO2 is 1. The normalized spacial score (nSPS) is 13.6.